The van der Waals surface area contributed by atoms with Crippen molar-refractivity contribution in [3.63, 3.8) is 0 Å². The highest BCUT2D eigenvalue weighted by molar-refractivity contribution is 5.84. The van der Waals surface area contributed by atoms with Crippen LogP contribution in [0.15, 0.2) is 24.3 Å². The monoisotopic (exact) mass is 302 g/mol. The number of halogens is 3. The summed E-state index contributed by atoms with van der Waals surface area (Å²) in [6.07, 6.45) is -4.83. The third-order valence-corrected chi connectivity index (χ3v) is 2.79. The number of benzene rings is 1. The molecule has 1 aromatic rings. The number of rotatable bonds is 9. The number of hydrogen-bond acceptors (Lipinski definition) is 3. The fraction of sp³-hybridized carbons (Fsp3) is 0.467. The summed E-state index contributed by atoms with van der Waals surface area (Å²) in [5.74, 6) is -0.0938. The molecule has 0 radical (unpaired) electrons. The topological polar surface area (TPSA) is 43.4 Å². The molecule has 0 spiro atoms. The molecule has 0 bridgehead atoms. The van der Waals surface area contributed by atoms with Crippen molar-refractivity contribution in [3.8, 4) is 5.75 Å². The second-order valence-corrected chi connectivity index (χ2v) is 4.69. The van der Waals surface area contributed by atoms with E-state index in [-0.39, 0.29) is 36.6 Å². The number of ketones is 2. The van der Waals surface area contributed by atoms with Crippen LogP contribution in [0.3, 0.4) is 0 Å². The standard InChI is InChI=1S/C15H17F3O3/c1-10(19)5-7-12(20)8-6-11-3-2-4-13(9-11)21-15(18)14(16)17/h2-4,9,14-15H,5-8H2,1H3. The fourth-order valence-electron chi connectivity index (χ4n) is 1.68. The molecule has 0 N–H and O–H groups in total. The van der Waals surface area contributed by atoms with E-state index in [9.17, 15) is 22.8 Å². The number of carbonyl (C=O) groups is 2. The van der Waals surface area contributed by atoms with Crippen molar-refractivity contribution in [2.24, 2.45) is 0 Å². The third kappa shape index (κ3) is 6.92. The molecule has 3 nitrogen and oxygen atoms in total. The Labute approximate surface area is 121 Å². The first-order valence-corrected chi connectivity index (χ1v) is 6.57. The van der Waals surface area contributed by atoms with Crippen LogP contribution in [-0.2, 0) is 16.0 Å². The van der Waals surface area contributed by atoms with Gasteiger partial charge >= 0.3 is 6.43 Å². The van der Waals surface area contributed by atoms with Gasteiger partial charge in [0.1, 0.15) is 17.3 Å². The van der Waals surface area contributed by atoms with Crippen LogP contribution in [0.5, 0.6) is 5.75 Å². The minimum atomic E-state index is -3.21. The van der Waals surface area contributed by atoms with Crippen LogP contribution in [0.2, 0.25) is 0 Å². The Balaban J connectivity index is 2.49. The summed E-state index contributed by atoms with van der Waals surface area (Å²) in [4.78, 5) is 22.3. The minimum Gasteiger partial charge on any atom is -0.454 e. The molecule has 1 atom stereocenters. The van der Waals surface area contributed by atoms with Crippen LogP contribution in [0.1, 0.15) is 31.7 Å². The minimum absolute atomic E-state index is 0.00325. The van der Waals surface area contributed by atoms with Gasteiger partial charge in [-0.1, -0.05) is 12.1 Å². The van der Waals surface area contributed by atoms with Crippen molar-refractivity contribution < 1.29 is 27.5 Å². The van der Waals surface area contributed by atoms with Crippen LogP contribution in [0.4, 0.5) is 13.2 Å². The van der Waals surface area contributed by atoms with Gasteiger partial charge in [-0.3, -0.25) is 4.79 Å². The second kappa shape index (κ2) is 8.44. The molecular weight excluding hydrogens is 285 g/mol. The second-order valence-electron chi connectivity index (χ2n) is 4.69. The molecule has 0 aliphatic heterocycles. The highest BCUT2D eigenvalue weighted by Crippen LogP contribution is 2.19. The van der Waals surface area contributed by atoms with Crippen LogP contribution >= 0.6 is 0 Å². The molecule has 0 saturated heterocycles. The van der Waals surface area contributed by atoms with Crippen molar-refractivity contribution in [1.29, 1.82) is 0 Å². The van der Waals surface area contributed by atoms with Crippen LogP contribution in [-0.4, -0.2) is 24.3 Å². The Morgan fingerprint density at radius 1 is 1.14 bits per heavy atom. The highest BCUT2D eigenvalue weighted by atomic mass is 19.3. The van der Waals surface area contributed by atoms with Gasteiger partial charge in [0, 0.05) is 19.3 Å². The lowest BCUT2D eigenvalue weighted by molar-refractivity contribution is -0.123. The van der Waals surface area contributed by atoms with Gasteiger partial charge in [0.05, 0.1) is 0 Å². The summed E-state index contributed by atoms with van der Waals surface area (Å²) in [6.45, 7) is 1.42. The van der Waals surface area contributed by atoms with Gasteiger partial charge in [0.15, 0.2) is 0 Å². The summed E-state index contributed by atoms with van der Waals surface area (Å²) in [5, 5.41) is 0. The van der Waals surface area contributed by atoms with E-state index in [1.54, 1.807) is 12.1 Å². The molecule has 0 aromatic heterocycles. The van der Waals surface area contributed by atoms with Crippen LogP contribution in [0.25, 0.3) is 0 Å². The van der Waals surface area contributed by atoms with E-state index < -0.39 is 12.8 Å². The maximum absolute atomic E-state index is 12.8. The van der Waals surface area contributed by atoms with E-state index >= 15 is 0 Å². The van der Waals surface area contributed by atoms with Gasteiger partial charge in [0.25, 0.3) is 6.36 Å². The quantitative estimate of drug-likeness (QED) is 0.701. The van der Waals surface area contributed by atoms with Gasteiger partial charge in [-0.05, 0) is 31.0 Å². The first-order valence-electron chi connectivity index (χ1n) is 6.57. The van der Waals surface area contributed by atoms with Gasteiger partial charge in [-0.2, -0.15) is 4.39 Å². The Morgan fingerprint density at radius 2 is 1.86 bits per heavy atom. The van der Waals surface area contributed by atoms with E-state index in [0.29, 0.717) is 12.0 Å². The van der Waals surface area contributed by atoms with E-state index in [1.807, 2.05) is 0 Å². The molecule has 21 heavy (non-hydrogen) atoms. The number of hydrogen-bond donors (Lipinski definition) is 0. The predicted molar refractivity (Wildman–Crippen MR) is 71.2 cm³/mol. The number of aryl methyl sites for hydroxylation is 1. The molecule has 1 unspecified atom stereocenters. The SMILES string of the molecule is CC(=O)CCC(=O)CCc1cccc(OC(F)C(F)F)c1. The first kappa shape index (κ1) is 17.2. The van der Waals surface area contributed by atoms with Crippen molar-refractivity contribution in [1.82, 2.24) is 0 Å². The number of carbonyl (C=O) groups excluding carboxylic acids is 2. The fourth-order valence-corrected chi connectivity index (χ4v) is 1.68. The van der Waals surface area contributed by atoms with Crippen molar-refractivity contribution in [3.05, 3.63) is 29.8 Å². The van der Waals surface area contributed by atoms with Crippen molar-refractivity contribution in [2.45, 2.75) is 45.4 Å². The van der Waals surface area contributed by atoms with Gasteiger partial charge in [0.2, 0.25) is 0 Å². The largest absolute Gasteiger partial charge is 0.454 e. The maximum atomic E-state index is 12.8. The zero-order valence-electron chi connectivity index (χ0n) is 11.7. The lowest BCUT2D eigenvalue weighted by Crippen LogP contribution is -2.19. The highest BCUT2D eigenvalue weighted by Gasteiger charge is 2.20. The average molecular weight is 302 g/mol. The van der Waals surface area contributed by atoms with E-state index in [0.717, 1.165) is 0 Å². The molecule has 1 rings (SSSR count). The van der Waals surface area contributed by atoms with E-state index in [4.69, 9.17) is 0 Å². The molecule has 0 saturated carbocycles. The summed E-state index contributed by atoms with van der Waals surface area (Å²) < 4.78 is 41.3. The molecule has 0 aliphatic rings. The number of ether oxygens (including phenoxy) is 1. The molecule has 0 aliphatic carbocycles. The molecule has 6 heteroatoms. The molecule has 0 amide bonds. The molecule has 0 fully saturated rings. The number of Topliss-reactive ketones (excluding diaryl/α,β-unsaturated/α-hetero) is 2. The lowest BCUT2D eigenvalue weighted by atomic mass is 10.0. The Bertz CT molecular complexity index is 489. The molecule has 0 heterocycles. The summed E-state index contributed by atoms with van der Waals surface area (Å²) in [7, 11) is 0. The summed E-state index contributed by atoms with van der Waals surface area (Å²) in [6, 6.07) is 6.03. The number of alkyl halides is 3. The zero-order valence-corrected chi connectivity index (χ0v) is 11.7. The van der Waals surface area contributed by atoms with Crippen LogP contribution < -0.4 is 4.74 Å². The summed E-state index contributed by atoms with van der Waals surface area (Å²) >= 11 is 0. The third-order valence-electron chi connectivity index (χ3n) is 2.79. The van der Waals surface area contributed by atoms with Crippen molar-refractivity contribution >= 4 is 11.6 Å². The average Bonchev–Trinajstić information content (AvgIpc) is 2.43. The lowest BCUT2D eigenvalue weighted by Gasteiger charge is -2.11. The van der Waals surface area contributed by atoms with E-state index in [2.05, 4.69) is 4.74 Å². The first-order chi connectivity index (χ1) is 9.88. The van der Waals surface area contributed by atoms with Crippen LogP contribution in [0, 0.1) is 0 Å². The Hall–Kier alpha value is -1.85. The smallest absolute Gasteiger partial charge is 0.304 e. The van der Waals surface area contributed by atoms with Gasteiger partial charge in [-0.15, -0.1) is 0 Å². The molecule has 116 valence electrons. The Kier molecular flexibility index (Phi) is 6.91. The van der Waals surface area contributed by atoms with Gasteiger partial charge in [-0.25, -0.2) is 8.78 Å². The van der Waals surface area contributed by atoms with E-state index in [1.165, 1.54) is 19.1 Å². The predicted octanol–water partition coefficient (Wildman–Crippen LogP) is 3.50. The molecular formula is C15H17F3O3. The van der Waals surface area contributed by atoms with Crippen molar-refractivity contribution in [2.75, 3.05) is 0 Å². The Morgan fingerprint density at radius 3 is 2.48 bits per heavy atom. The summed E-state index contributed by atoms with van der Waals surface area (Å²) in [5.41, 5.74) is 0.685. The van der Waals surface area contributed by atoms with Gasteiger partial charge < -0.3 is 9.53 Å². The maximum Gasteiger partial charge on any atom is 0.304 e. The normalized spacial score (nSPS) is 12.2. The molecule has 1 aromatic carbocycles. The zero-order chi connectivity index (χ0) is 15.8.